The van der Waals surface area contributed by atoms with E-state index in [0.29, 0.717) is 0 Å². The van der Waals surface area contributed by atoms with Crippen molar-refractivity contribution < 1.29 is 18.9 Å². The van der Waals surface area contributed by atoms with E-state index in [1.807, 2.05) is 18.2 Å². The predicted molar refractivity (Wildman–Crippen MR) is 51.3 cm³/mol. The molecule has 0 atom stereocenters. The fraction of sp³-hybridized carbons (Fsp3) is 0.333. The fourth-order valence-electron chi connectivity index (χ4n) is 1.23. The van der Waals surface area contributed by atoms with Crippen LogP contribution in [0.15, 0.2) is 24.3 Å². The van der Waals surface area contributed by atoms with E-state index in [-0.39, 0.29) is 18.9 Å². The first-order chi connectivity index (χ1) is 5.88. The Hall–Kier alpha value is -0.623. The van der Waals surface area contributed by atoms with E-state index < -0.39 is 0 Å². The zero-order chi connectivity index (χ0) is 8.81. The molecule has 0 fully saturated rings. The molecule has 0 radical (unpaired) electrons. The average molecular weight is 164 g/mol. The molecule has 0 aliphatic heterocycles. The first-order valence-corrected chi connectivity index (χ1v) is 4.39. The molecule has 0 saturated heterocycles. The molecule has 0 nitrogen and oxygen atoms in total. The van der Waals surface area contributed by atoms with E-state index in [1.165, 1.54) is 18.4 Å². The number of hydrogen-bond acceptors (Lipinski definition) is 0. The van der Waals surface area contributed by atoms with Gasteiger partial charge in [0, 0.05) is 0 Å². The van der Waals surface area contributed by atoms with Crippen LogP contribution in [0.25, 0.3) is 0 Å². The molecule has 0 aliphatic rings. The van der Waals surface area contributed by atoms with Gasteiger partial charge < -0.3 is 6.42 Å². The standard InChI is InChI=1S/C12H13.Li/c1-3-5-8-12-10-7-6-9-11(12)4-2;/h6-7,9-10H,3,5,8H2,1H3;/q-1;+1. The third-order valence-corrected chi connectivity index (χ3v) is 1.95. The van der Waals surface area contributed by atoms with Crippen LogP contribution in [0.2, 0.25) is 0 Å². The molecule has 0 saturated carbocycles. The molecule has 1 heteroatoms. The van der Waals surface area contributed by atoms with Gasteiger partial charge in [-0.25, -0.2) is 0 Å². The van der Waals surface area contributed by atoms with Crippen LogP contribution in [0.4, 0.5) is 0 Å². The summed E-state index contributed by atoms with van der Waals surface area (Å²) in [5, 5.41) is 0. The topological polar surface area (TPSA) is 0 Å². The van der Waals surface area contributed by atoms with Crippen molar-refractivity contribution in [3.05, 3.63) is 41.8 Å². The van der Waals surface area contributed by atoms with Crippen LogP contribution in [-0.2, 0) is 6.42 Å². The largest absolute Gasteiger partial charge is 1.00 e. The molecule has 13 heavy (non-hydrogen) atoms. The second kappa shape index (κ2) is 6.85. The van der Waals surface area contributed by atoms with Gasteiger partial charge in [0.2, 0.25) is 0 Å². The molecular formula is C12H13Li. The van der Waals surface area contributed by atoms with E-state index in [9.17, 15) is 0 Å². The second-order valence-corrected chi connectivity index (χ2v) is 2.89. The van der Waals surface area contributed by atoms with E-state index in [2.05, 4.69) is 18.9 Å². The molecule has 0 amide bonds. The van der Waals surface area contributed by atoms with Gasteiger partial charge in [0.15, 0.2) is 0 Å². The first-order valence-electron chi connectivity index (χ1n) is 4.39. The van der Waals surface area contributed by atoms with Gasteiger partial charge in [0.05, 0.1) is 0 Å². The van der Waals surface area contributed by atoms with Crippen LogP contribution in [0, 0.1) is 12.3 Å². The van der Waals surface area contributed by atoms with Crippen LogP contribution in [0.3, 0.4) is 0 Å². The fourth-order valence-corrected chi connectivity index (χ4v) is 1.23. The van der Waals surface area contributed by atoms with Gasteiger partial charge in [0.25, 0.3) is 0 Å². The monoisotopic (exact) mass is 164 g/mol. The van der Waals surface area contributed by atoms with E-state index >= 15 is 0 Å². The summed E-state index contributed by atoms with van der Waals surface area (Å²) in [6.45, 7) is 2.18. The Labute approximate surface area is 92.9 Å². The number of aryl methyl sites for hydroxylation is 1. The number of benzene rings is 1. The van der Waals surface area contributed by atoms with Gasteiger partial charge in [-0.15, -0.1) is 17.2 Å². The Morgan fingerprint density at radius 2 is 2.00 bits per heavy atom. The van der Waals surface area contributed by atoms with Crippen molar-refractivity contribution in [1.82, 2.24) is 0 Å². The second-order valence-electron chi connectivity index (χ2n) is 2.89. The van der Waals surface area contributed by atoms with E-state index in [4.69, 9.17) is 6.42 Å². The molecular weight excluding hydrogens is 151 g/mol. The summed E-state index contributed by atoms with van der Waals surface area (Å²) in [6, 6.07) is 7.99. The van der Waals surface area contributed by atoms with E-state index in [0.717, 1.165) is 12.0 Å². The third-order valence-electron chi connectivity index (χ3n) is 1.95. The average Bonchev–Trinajstić information content (AvgIpc) is 2.15. The van der Waals surface area contributed by atoms with Crippen molar-refractivity contribution in [3.63, 3.8) is 0 Å². The van der Waals surface area contributed by atoms with Gasteiger partial charge >= 0.3 is 18.9 Å². The third kappa shape index (κ3) is 3.73. The molecule has 62 valence electrons. The minimum Gasteiger partial charge on any atom is -0.366 e. The maximum Gasteiger partial charge on any atom is 1.00 e. The Bertz CT molecular complexity index is 283. The van der Waals surface area contributed by atoms with Gasteiger partial charge in [-0.3, -0.25) is 5.92 Å². The summed E-state index contributed by atoms with van der Waals surface area (Å²) in [6.07, 6.45) is 10.5. The maximum absolute atomic E-state index is 7.07. The Kier molecular flexibility index (Phi) is 6.52. The van der Waals surface area contributed by atoms with Crippen molar-refractivity contribution in [1.29, 1.82) is 0 Å². The quantitative estimate of drug-likeness (QED) is 0.334. The van der Waals surface area contributed by atoms with Crippen molar-refractivity contribution in [2.75, 3.05) is 0 Å². The first kappa shape index (κ1) is 12.4. The van der Waals surface area contributed by atoms with Crippen molar-refractivity contribution in [2.45, 2.75) is 26.2 Å². The molecule has 1 aromatic rings. The maximum atomic E-state index is 7.07. The number of rotatable bonds is 3. The summed E-state index contributed by atoms with van der Waals surface area (Å²) in [5.74, 6) is 2.45. The molecule has 1 rings (SSSR count). The van der Waals surface area contributed by atoms with Gasteiger partial charge in [-0.2, -0.15) is 0 Å². The Morgan fingerprint density at radius 1 is 1.31 bits per heavy atom. The van der Waals surface area contributed by atoms with Crippen LogP contribution in [0.5, 0.6) is 0 Å². The van der Waals surface area contributed by atoms with Gasteiger partial charge in [-0.1, -0.05) is 38.0 Å². The van der Waals surface area contributed by atoms with E-state index in [1.54, 1.807) is 0 Å². The molecule has 0 unspecified atom stereocenters. The summed E-state index contributed by atoms with van der Waals surface area (Å²) in [5.41, 5.74) is 2.18. The molecule has 0 N–H and O–H groups in total. The van der Waals surface area contributed by atoms with Crippen LogP contribution >= 0.6 is 0 Å². The summed E-state index contributed by atoms with van der Waals surface area (Å²) in [4.78, 5) is 0. The zero-order valence-corrected chi connectivity index (χ0v) is 8.43. The SMILES string of the molecule is [C-]#Cc1ccccc1CCCC.[Li+]. The minimum absolute atomic E-state index is 0. The predicted octanol–water partition coefficient (Wildman–Crippen LogP) is -0.0289. The molecule has 1 aromatic carbocycles. The van der Waals surface area contributed by atoms with Crippen LogP contribution in [-0.4, -0.2) is 0 Å². The summed E-state index contributed by atoms with van der Waals surface area (Å²) >= 11 is 0. The molecule has 0 aromatic heterocycles. The van der Waals surface area contributed by atoms with Crippen LogP contribution in [0.1, 0.15) is 30.9 Å². The minimum atomic E-state index is 0. The summed E-state index contributed by atoms with van der Waals surface area (Å²) < 4.78 is 0. The van der Waals surface area contributed by atoms with Crippen molar-refractivity contribution in [3.8, 4) is 5.92 Å². The number of unbranched alkanes of at least 4 members (excludes halogenated alkanes) is 1. The van der Waals surface area contributed by atoms with Gasteiger partial charge in [0.1, 0.15) is 0 Å². The molecule has 0 spiro atoms. The Morgan fingerprint density at radius 3 is 2.62 bits per heavy atom. The Balaban J connectivity index is 0.00000144. The van der Waals surface area contributed by atoms with Crippen molar-refractivity contribution in [2.24, 2.45) is 0 Å². The smallest absolute Gasteiger partial charge is 0.366 e. The summed E-state index contributed by atoms with van der Waals surface area (Å²) in [7, 11) is 0. The van der Waals surface area contributed by atoms with Crippen LogP contribution < -0.4 is 18.9 Å². The molecule has 0 bridgehead atoms. The normalized spacial score (nSPS) is 8.62. The zero-order valence-electron chi connectivity index (χ0n) is 8.43. The number of hydrogen-bond donors (Lipinski definition) is 0. The van der Waals surface area contributed by atoms with Crippen molar-refractivity contribution >= 4 is 0 Å². The van der Waals surface area contributed by atoms with Gasteiger partial charge in [-0.05, 0) is 6.42 Å². The molecule has 0 heterocycles. The molecule has 0 aliphatic carbocycles.